The Balaban J connectivity index is 1.36. The molecule has 0 bridgehead atoms. The number of aliphatic hydroxyl groups is 1. The van der Waals surface area contributed by atoms with Gasteiger partial charge in [0.15, 0.2) is 11.5 Å². The summed E-state index contributed by atoms with van der Waals surface area (Å²) in [5.74, 6) is 0.113. The van der Waals surface area contributed by atoms with Crippen LogP contribution in [0.5, 0.6) is 0 Å². The molecule has 36 heavy (non-hydrogen) atoms. The number of carbonyl (C=O) groups is 1. The topological polar surface area (TPSA) is 37.3 Å². The highest BCUT2D eigenvalue weighted by atomic mass is 32.2. The molecule has 6 aliphatic rings. The van der Waals surface area contributed by atoms with Gasteiger partial charge >= 0.3 is 0 Å². The normalized spacial score (nSPS) is 45.1. The van der Waals surface area contributed by atoms with Gasteiger partial charge in [0.25, 0.3) is 0 Å². The van der Waals surface area contributed by atoms with Crippen LogP contribution in [0.1, 0.15) is 110 Å². The predicted molar refractivity (Wildman–Crippen MR) is 150 cm³/mol. The molecule has 0 aromatic rings. The molecular formula is C31H45FO2S2. The van der Waals surface area contributed by atoms with Crippen molar-refractivity contribution in [1.29, 1.82) is 0 Å². The Labute approximate surface area is 226 Å². The Bertz CT molecular complexity index is 915. The first kappa shape index (κ1) is 26.0. The van der Waals surface area contributed by atoms with Gasteiger partial charge in [0.05, 0.1) is 10.2 Å². The molecule has 5 saturated carbocycles. The molecule has 0 amide bonds. The number of aliphatic hydroxyl groups excluding tert-OH is 1. The number of rotatable bonds is 4. The van der Waals surface area contributed by atoms with E-state index in [1.54, 1.807) is 18.2 Å². The molecule has 0 aliphatic heterocycles. The Morgan fingerprint density at radius 3 is 2.11 bits per heavy atom. The molecule has 0 aromatic heterocycles. The molecule has 0 radical (unpaired) electrons. The monoisotopic (exact) mass is 532 g/mol. The highest BCUT2D eigenvalue weighted by Crippen LogP contribution is 2.75. The van der Waals surface area contributed by atoms with E-state index < -0.39 is 17.2 Å². The van der Waals surface area contributed by atoms with Crippen LogP contribution in [0.2, 0.25) is 0 Å². The fourth-order valence-electron chi connectivity index (χ4n) is 9.48. The van der Waals surface area contributed by atoms with Crippen LogP contribution < -0.4 is 0 Å². The summed E-state index contributed by atoms with van der Waals surface area (Å²) >= 11 is 4.55. The van der Waals surface area contributed by atoms with E-state index in [1.165, 1.54) is 64.2 Å². The maximum atomic E-state index is 17.6. The van der Waals surface area contributed by atoms with Gasteiger partial charge in [-0.1, -0.05) is 57.1 Å². The molecule has 5 heteroatoms. The van der Waals surface area contributed by atoms with E-state index in [9.17, 15) is 9.90 Å². The third kappa shape index (κ3) is 3.79. The zero-order chi connectivity index (χ0) is 25.2. The Kier molecular flexibility index (Phi) is 6.81. The highest BCUT2D eigenvalue weighted by molar-refractivity contribution is 8.18. The summed E-state index contributed by atoms with van der Waals surface area (Å²) in [4.78, 5) is 12.1. The van der Waals surface area contributed by atoms with Crippen molar-refractivity contribution in [2.24, 2.45) is 22.7 Å². The van der Waals surface area contributed by atoms with Crippen LogP contribution >= 0.6 is 23.5 Å². The van der Waals surface area contributed by atoms with Crippen molar-refractivity contribution in [1.82, 2.24) is 0 Å². The van der Waals surface area contributed by atoms with Crippen LogP contribution in [0.15, 0.2) is 23.8 Å². The standard InChI is InChI=1S/C31H45FO2S2/c1-28-17-15-22(33)19-21(28)13-14-26-25-16-18-30(35-23-9-5-3-6-10-23,36-24-11-7-4-8-12-24)29(25,2)20-27(34)31(26,28)32/h15,17,19,23-27,34H,3-14,16,18,20H2,1-2H3/t25-,26-,27-,28-,29-,31-/m0/s1. The molecule has 0 saturated heterocycles. The summed E-state index contributed by atoms with van der Waals surface area (Å²) in [6, 6.07) is 0. The number of carbonyl (C=O) groups excluding carboxylic acids is 1. The zero-order valence-corrected chi connectivity index (χ0v) is 23.9. The van der Waals surface area contributed by atoms with E-state index >= 15 is 4.39 Å². The van der Waals surface area contributed by atoms with Crippen LogP contribution in [0.25, 0.3) is 0 Å². The van der Waals surface area contributed by atoms with Crippen molar-refractivity contribution in [3.63, 3.8) is 0 Å². The summed E-state index contributed by atoms with van der Waals surface area (Å²) < 4.78 is 17.7. The minimum atomic E-state index is -1.69. The summed E-state index contributed by atoms with van der Waals surface area (Å²) in [5, 5.41) is 13.3. The molecule has 6 atom stereocenters. The second-order valence-electron chi connectivity index (χ2n) is 13.3. The number of thioether (sulfide) groups is 2. The van der Waals surface area contributed by atoms with Gasteiger partial charge in [-0.25, -0.2) is 4.39 Å². The third-order valence-corrected chi connectivity index (χ3v) is 15.8. The predicted octanol–water partition coefficient (Wildman–Crippen LogP) is 8.19. The Morgan fingerprint density at radius 1 is 0.889 bits per heavy atom. The highest BCUT2D eigenvalue weighted by Gasteiger charge is 2.73. The SMILES string of the molecule is C[C@]12C[C@H](O)[C@@]3(F)[C@@H](CCC4=CC(=O)C=C[C@@]43C)[C@@H]1CCC2(SC1CCCCC1)SC1CCCCC1. The van der Waals surface area contributed by atoms with Crippen LogP contribution in [0.4, 0.5) is 4.39 Å². The van der Waals surface area contributed by atoms with Gasteiger partial charge in [-0.15, -0.1) is 23.5 Å². The average Bonchev–Trinajstić information content (AvgIpc) is 3.13. The largest absolute Gasteiger partial charge is 0.390 e. The van der Waals surface area contributed by atoms with E-state index in [0.717, 1.165) is 31.3 Å². The van der Waals surface area contributed by atoms with Gasteiger partial charge in [0, 0.05) is 21.8 Å². The second kappa shape index (κ2) is 9.44. The number of halogens is 1. The fraction of sp³-hybridized carbons (Fsp3) is 0.839. The first-order chi connectivity index (χ1) is 17.2. The second-order valence-corrected chi connectivity index (χ2v) is 16.8. The number of ketones is 1. The lowest BCUT2D eigenvalue weighted by Crippen LogP contribution is -2.67. The molecule has 2 nitrogen and oxygen atoms in total. The van der Waals surface area contributed by atoms with Crippen LogP contribution in [-0.2, 0) is 4.79 Å². The van der Waals surface area contributed by atoms with Crippen molar-refractivity contribution in [3.05, 3.63) is 23.8 Å². The minimum absolute atomic E-state index is 0.0349. The minimum Gasteiger partial charge on any atom is -0.390 e. The third-order valence-electron chi connectivity index (χ3n) is 11.5. The quantitative estimate of drug-likeness (QED) is 0.370. The van der Waals surface area contributed by atoms with E-state index in [2.05, 4.69) is 30.4 Å². The van der Waals surface area contributed by atoms with Gasteiger partial charge in [-0.2, -0.15) is 0 Å². The summed E-state index contributed by atoms with van der Waals surface area (Å²) in [5.41, 5.74) is -1.74. The molecule has 0 unspecified atom stereocenters. The molecule has 5 fully saturated rings. The summed E-state index contributed by atoms with van der Waals surface area (Å²) in [6.07, 6.45) is 21.8. The first-order valence-electron chi connectivity index (χ1n) is 14.9. The number of alkyl halides is 1. The van der Waals surface area contributed by atoms with Crippen LogP contribution in [-0.4, -0.2) is 37.2 Å². The molecule has 0 heterocycles. The van der Waals surface area contributed by atoms with Gasteiger partial charge in [0.1, 0.15) is 0 Å². The molecule has 6 rings (SSSR count). The first-order valence-corrected chi connectivity index (χ1v) is 16.6. The van der Waals surface area contributed by atoms with Crippen LogP contribution in [0.3, 0.4) is 0 Å². The van der Waals surface area contributed by atoms with E-state index in [-0.39, 0.29) is 21.2 Å². The number of fused-ring (bicyclic) bond motifs is 5. The lowest BCUT2D eigenvalue weighted by atomic mass is 9.46. The van der Waals surface area contributed by atoms with Crippen LogP contribution in [0, 0.1) is 22.7 Å². The van der Waals surface area contributed by atoms with Crippen molar-refractivity contribution >= 4 is 29.3 Å². The van der Waals surface area contributed by atoms with Gasteiger partial charge < -0.3 is 5.11 Å². The number of hydrogen-bond acceptors (Lipinski definition) is 4. The lowest BCUT2D eigenvalue weighted by Gasteiger charge is -2.63. The average molecular weight is 533 g/mol. The van der Waals surface area contributed by atoms with Gasteiger partial charge in [0.2, 0.25) is 0 Å². The maximum absolute atomic E-state index is 17.6. The van der Waals surface area contributed by atoms with Gasteiger partial charge in [-0.3, -0.25) is 4.79 Å². The fourth-order valence-corrected chi connectivity index (χ4v) is 14.2. The van der Waals surface area contributed by atoms with Crippen molar-refractivity contribution in [3.8, 4) is 0 Å². The zero-order valence-electron chi connectivity index (χ0n) is 22.3. The van der Waals surface area contributed by atoms with Crippen molar-refractivity contribution in [2.45, 2.75) is 137 Å². The van der Waals surface area contributed by atoms with Crippen molar-refractivity contribution < 1.29 is 14.3 Å². The molecule has 200 valence electrons. The van der Waals surface area contributed by atoms with E-state index in [0.29, 0.717) is 22.8 Å². The molecule has 0 aromatic carbocycles. The summed E-state index contributed by atoms with van der Waals surface area (Å²) in [7, 11) is 0. The molecule has 0 spiro atoms. The molecule has 6 aliphatic carbocycles. The van der Waals surface area contributed by atoms with Gasteiger partial charge in [-0.05, 0) is 88.2 Å². The number of allylic oxidation sites excluding steroid dienone is 4. The van der Waals surface area contributed by atoms with E-state index in [4.69, 9.17) is 0 Å². The Morgan fingerprint density at radius 2 is 1.50 bits per heavy atom. The molecular weight excluding hydrogens is 487 g/mol. The van der Waals surface area contributed by atoms with Crippen molar-refractivity contribution in [2.75, 3.05) is 0 Å². The van der Waals surface area contributed by atoms with E-state index in [1.807, 2.05) is 6.92 Å². The molecule has 1 N–H and O–H groups in total. The Hall–Kier alpha value is -0.260. The lowest BCUT2D eigenvalue weighted by molar-refractivity contribution is -0.189. The maximum Gasteiger partial charge on any atom is 0.178 e. The summed E-state index contributed by atoms with van der Waals surface area (Å²) in [6.45, 7) is 4.41. The number of hydrogen-bond donors (Lipinski definition) is 1. The smallest absolute Gasteiger partial charge is 0.178 e.